The summed E-state index contributed by atoms with van der Waals surface area (Å²) in [6, 6.07) is 3.42. The summed E-state index contributed by atoms with van der Waals surface area (Å²) in [4.78, 5) is 0. The average Bonchev–Trinajstić information content (AvgIpc) is 1.59. The Bertz CT molecular complexity index is 179. The van der Waals surface area contributed by atoms with Gasteiger partial charge in [0.15, 0.2) is 0 Å². The van der Waals surface area contributed by atoms with E-state index in [0.29, 0.717) is 0 Å². The number of rotatable bonds is 0. The van der Waals surface area contributed by atoms with Crippen molar-refractivity contribution in [1.82, 2.24) is 0 Å². The van der Waals surface area contributed by atoms with E-state index in [1.165, 1.54) is 0 Å². The SMILES string of the molecule is Oc1cc(O)cc(O)c1.[Y].[Y].[Y]. The second kappa shape index (κ2) is 9.49. The van der Waals surface area contributed by atoms with Gasteiger partial charge in [0.25, 0.3) is 0 Å². The number of aromatic hydroxyl groups is 3. The first-order chi connectivity index (χ1) is 4.18. The summed E-state index contributed by atoms with van der Waals surface area (Å²) in [6.07, 6.45) is 0. The third kappa shape index (κ3) is 7.35. The van der Waals surface area contributed by atoms with Crippen LogP contribution in [0.15, 0.2) is 18.2 Å². The molecule has 0 saturated heterocycles. The molecule has 0 heterocycles. The summed E-state index contributed by atoms with van der Waals surface area (Å²) < 4.78 is 0. The van der Waals surface area contributed by atoms with Gasteiger partial charge in [0.2, 0.25) is 0 Å². The zero-order valence-corrected chi connectivity index (χ0v) is 14.8. The first-order valence-electron chi connectivity index (χ1n) is 2.40. The van der Waals surface area contributed by atoms with Gasteiger partial charge in [-0.1, -0.05) is 0 Å². The molecule has 0 aliphatic heterocycles. The largest absolute Gasteiger partial charge is 0.508 e. The minimum Gasteiger partial charge on any atom is -0.508 e. The molecule has 0 aliphatic rings. The Morgan fingerprint density at radius 1 is 0.583 bits per heavy atom. The van der Waals surface area contributed by atoms with Crippen molar-refractivity contribution in [3.8, 4) is 17.2 Å². The molecule has 0 bridgehead atoms. The fourth-order valence-electron chi connectivity index (χ4n) is 0.580. The molecular formula is C6H6O3Y3. The molecule has 1 rings (SSSR count). The summed E-state index contributed by atoms with van der Waals surface area (Å²) in [5.74, 6) is -0.437. The van der Waals surface area contributed by atoms with Crippen LogP contribution < -0.4 is 0 Å². The second-order valence-corrected chi connectivity index (χ2v) is 1.71. The van der Waals surface area contributed by atoms with E-state index < -0.39 is 0 Å². The average molecular weight is 393 g/mol. The van der Waals surface area contributed by atoms with Crippen LogP contribution in [0.3, 0.4) is 0 Å². The third-order valence-electron chi connectivity index (χ3n) is 0.887. The zero-order valence-electron chi connectivity index (χ0n) is 6.31. The fraction of sp³-hybridized carbons (Fsp3) is 0. The Morgan fingerprint density at radius 2 is 0.750 bits per heavy atom. The van der Waals surface area contributed by atoms with Crippen LogP contribution in [0.1, 0.15) is 0 Å². The summed E-state index contributed by atoms with van der Waals surface area (Å²) in [5.41, 5.74) is 0. The standard InChI is InChI=1S/C6H6O3.3Y/c7-4-1-5(8)3-6(9)2-4;;;/h1-3,7-9H;;;. The van der Waals surface area contributed by atoms with Crippen molar-refractivity contribution in [2.45, 2.75) is 0 Å². The van der Waals surface area contributed by atoms with Gasteiger partial charge in [0.05, 0.1) is 0 Å². The van der Waals surface area contributed by atoms with E-state index in [-0.39, 0.29) is 115 Å². The van der Waals surface area contributed by atoms with Crippen molar-refractivity contribution in [1.29, 1.82) is 0 Å². The van der Waals surface area contributed by atoms with Crippen molar-refractivity contribution in [2.75, 3.05) is 0 Å². The molecule has 3 radical (unpaired) electrons. The van der Waals surface area contributed by atoms with E-state index in [1.807, 2.05) is 0 Å². The molecule has 6 heteroatoms. The van der Waals surface area contributed by atoms with Gasteiger partial charge in [-0.15, -0.1) is 0 Å². The number of hydrogen-bond acceptors (Lipinski definition) is 3. The number of hydrogen-bond donors (Lipinski definition) is 3. The van der Waals surface area contributed by atoms with Crippen LogP contribution >= 0.6 is 0 Å². The molecule has 0 fully saturated rings. The van der Waals surface area contributed by atoms with E-state index in [1.54, 1.807) is 0 Å². The maximum atomic E-state index is 8.67. The van der Waals surface area contributed by atoms with Gasteiger partial charge in [-0.3, -0.25) is 0 Å². The summed E-state index contributed by atoms with van der Waals surface area (Å²) >= 11 is 0. The van der Waals surface area contributed by atoms with Gasteiger partial charge < -0.3 is 15.3 Å². The topological polar surface area (TPSA) is 60.7 Å². The molecular weight excluding hydrogens is 387 g/mol. The second-order valence-electron chi connectivity index (χ2n) is 1.71. The predicted octanol–water partition coefficient (Wildman–Crippen LogP) is 0.796. The van der Waals surface area contributed by atoms with Gasteiger partial charge in [-0.05, 0) is 0 Å². The van der Waals surface area contributed by atoms with Crippen LogP contribution in [-0.2, 0) is 98.1 Å². The normalized spacial score (nSPS) is 7.00. The molecule has 12 heavy (non-hydrogen) atoms. The molecule has 1 aromatic carbocycles. The van der Waals surface area contributed by atoms with Crippen LogP contribution in [0, 0.1) is 0 Å². The third-order valence-corrected chi connectivity index (χ3v) is 0.887. The van der Waals surface area contributed by atoms with E-state index in [9.17, 15) is 0 Å². The van der Waals surface area contributed by atoms with E-state index >= 15 is 0 Å². The quantitative estimate of drug-likeness (QED) is 0.612. The van der Waals surface area contributed by atoms with Crippen LogP contribution in [0.5, 0.6) is 17.2 Å². The van der Waals surface area contributed by atoms with Gasteiger partial charge in [-0.2, -0.15) is 0 Å². The molecule has 57 valence electrons. The van der Waals surface area contributed by atoms with Crippen LogP contribution in [-0.4, -0.2) is 15.3 Å². The zero-order chi connectivity index (χ0) is 6.85. The van der Waals surface area contributed by atoms with Crippen molar-refractivity contribution < 1.29 is 113 Å². The molecule has 0 atom stereocenters. The van der Waals surface area contributed by atoms with Gasteiger partial charge >= 0.3 is 0 Å². The Labute approximate surface area is 146 Å². The summed E-state index contributed by atoms with van der Waals surface area (Å²) in [5, 5.41) is 26.0. The molecule has 0 amide bonds. The maximum absolute atomic E-state index is 8.67. The van der Waals surface area contributed by atoms with Crippen LogP contribution in [0.2, 0.25) is 0 Å². The molecule has 0 spiro atoms. The number of phenolic OH excluding ortho intramolecular Hbond substituents is 3. The number of benzene rings is 1. The molecule has 3 N–H and O–H groups in total. The first kappa shape index (κ1) is 19.5. The van der Waals surface area contributed by atoms with Gasteiger partial charge in [0, 0.05) is 116 Å². The van der Waals surface area contributed by atoms with Crippen molar-refractivity contribution in [3.05, 3.63) is 18.2 Å². The first-order valence-corrected chi connectivity index (χ1v) is 2.40. The van der Waals surface area contributed by atoms with Crippen LogP contribution in [0.25, 0.3) is 0 Å². The Hall–Kier alpha value is 1.93. The van der Waals surface area contributed by atoms with E-state index in [4.69, 9.17) is 15.3 Å². The van der Waals surface area contributed by atoms with Crippen molar-refractivity contribution in [3.63, 3.8) is 0 Å². The van der Waals surface area contributed by atoms with Crippen molar-refractivity contribution >= 4 is 0 Å². The molecule has 0 aliphatic carbocycles. The Kier molecular flexibility index (Phi) is 15.4. The van der Waals surface area contributed by atoms with E-state index in [2.05, 4.69) is 0 Å². The van der Waals surface area contributed by atoms with E-state index in [0.717, 1.165) is 18.2 Å². The van der Waals surface area contributed by atoms with Gasteiger partial charge in [-0.25, -0.2) is 0 Å². The predicted molar refractivity (Wildman–Crippen MR) is 31.4 cm³/mol. The Morgan fingerprint density at radius 3 is 0.917 bits per heavy atom. The minimum absolute atomic E-state index is 0. The number of phenols is 3. The summed E-state index contributed by atoms with van der Waals surface area (Å²) in [7, 11) is 0. The van der Waals surface area contributed by atoms with Gasteiger partial charge in [0.1, 0.15) is 17.2 Å². The smallest absolute Gasteiger partial charge is 0.122 e. The molecule has 1 aromatic rings. The Balaban J connectivity index is -0.000000270. The molecule has 0 aromatic heterocycles. The van der Waals surface area contributed by atoms with Crippen molar-refractivity contribution in [2.24, 2.45) is 0 Å². The monoisotopic (exact) mass is 393 g/mol. The molecule has 0 saturated carbocycles. The minimum atomic E-state index is -0.146. The summed E-state index contributed by atoms with van der Waals surface area (Å²) in [6.45, 7) is 0. The van der Waals surface area contributed by atoms with Crippen LogP contribution in [0.4, 0.5) is 0 Å². The molecule has 0 unspecified atom stereocenters. The fourth-order valence-corrected chi connectivity index (χ4v) is 0.580. The molecule has 3 nitrogen and oxygen atoms in total. The maximum Gasteiger partial charge on any atom is 0.122 e.